The van der Waals surface area contributed by atoms with Gasteiger partial charge in [0.25, 0.3) is 0 Å². The number of hydrogen-bond acceptors (Lipinski definition) is 4. The van der Waals surface area contributed by atoms with Crippen LogP contribution < -0.4 is 4.74 Å². The van der Waals surface area contributed by atoms with Crippen LogP contribution in [0.15, 0.2) is 54.6 Å². The van der Waals surface area contributed by atoms with Gasteiger partial charge in [0, 0.05) is 5.56 Å². The highest BCUT2D eigenvalue weighted by Gasteiger charge is 2.11. The van der Waals surface area contributed by atoms with E-state index in [-0.39, 0.29) is 0 Å². The van der Waals surface area contributed by atoms with Crippen molar-refractivity contribution in [1.82, 2.24) is 0 Å². The van der Waals surface area contributed by atoms with E-state index in [2.05, 4.69) is 25.1 Å². The van der Waals surface area contributed by atoms with E-state index in [9.17, 15) is 5.11 Å². The lowest BCUT2D eigenvalue weighted by Crippen LogP contribution is -2.17. The van der Waals surface area contributed by atoms with E-state index < -0.39 is 11.9 Å². The second-order valence-electron chi connectivity index (χ2n) is 7.76. The monoisotopic (exact) mass is 384 g/mol. The minimum Gasteiger partial charge on any atom is -0.489 e. The zero-order chi connectivity index (χ0) is 20.6. The number of rotatable bonds is 10. The molecule has 0 aliphatic carbocycles. The lowest BCUT2D eigenvalue weighted by Gasteiger charge is -2.16. The van der Waals surface area contributed by atoms with Gasteiger partial charge in [-0.15, -0.1) is 0 Å². The Morgan fingerprint density at radius 3 is 2.43 bits per heavy atom. The van der Waals surface area contributed by atoms with Gasteiger partial charge in [0.1, 0.15) is 12.4 Å². The maximum absolute atomic E-state index is 9.92. The van der Waals surface area contributed by atoms with Crippen LogP contribution >= 0.6 is 0 Å². The maximum atomic E-state index is 9.92. The van der Waals surface area contributed by atoms with Crippen molar-refractivity contribution in [1.29, 1.82) is 0 Å². The molecule has 4 nitrogen and oxygen atoms in total. The van der Waals surface area contributed by atoms with Crippen molar-refractivity contribution in [3.05, 3.63) is 71.3 Å². The average Bonchev–Trinajstić information content (AvgIpc) is 2.65. The van der Waals surface area contributed by atoms with E-state index in [1.54, 1.807) is 12.1 Å². The molecule has 152 valence electrons. The van der Waals surface area contributed by atoms with Gasteiger partial charge in [0.2, 0.25) is 0 Å². The van der Waals surface area contributed by atoms with Gasteiger partial charge < -0.3 is 20.1 Å². The fraction of sp³-hybridized carbons (Fsp3) is 0.417. The lowest BCUT2D eigenvalue weighted by atomic mass is 9.97. The van der Waals surface area contributed by atoms with Gasteiger partial charge in [-0.25, -0.2) is 0 Å². The Bertz CT molecular complexity index is 755. The van der Waals surface area contributed by atoms with Gasteiger partial charge in [-0.1, -0.05) is 55.8 Å². The normalized spacial score (nSPS) is 12.5. The summed E-state index contributed by atoms with van der Waals surface area (Å²) in [4.78, 5) is 0. The standard InChI is InChI=1S/C24H32O4/c1-4-7-19(9-6-15-24(2,3)27)21-8-5-10-22(16-21)28-17-18-11-13-20(14-12-18)23(25)26/h5,8-14,16,23,25-27H,4,6-7,15,17H2,1-3H3. The van der Waals surface area contributed by atoms with Gasteiger partial charge in [-0.3, -0.25) is 0 Å². The molecule has 0 atom stereocenters. The SMILES string of the molecule is CCCC(=CCCC(C)(C)O)c1cccc(OCc2ccc(C(O)O)cc2)c1. The molecule has 0 aliphatic heterocycles. The summed E-state index contributed by atoms with van der Waals surface area (Å²) in [5, 5.41) is 28.2. The summed E-state index contributed by atoms with van der Waals surface area (Å²) < 4.78 is 5.93. The smallest absolute Gasteiger partial charge is 0.178 e. The largest absolute Gasteiger partial charge is 0.489 e. The Labute approximate surface area is 168 Å². The van der Waals surface area contributed by atoms with Crippen LogP contribution in [0.25, 0.3) is 5.57 Å². The van der Waals surface area contributed by atoms with Crippen molar-refractivity contribution in [2.24, 2.45) is 0 Å². The predicted octanol–water partition coefficient (Wildman–Crippen LogP) is 4.98. The highest BCUT2D eigenvalue weighted by atomic mass is 16.5. The number of hydrogen-bond donors (Lipinski definition) is 3. The Morgan fingerprint density at radius 1 is 1.11 bits per heavy atom. The second kappa shape index (κ2) is 10.4. The first-order valence-electron chi connectivity index (χ1n) is 9.88. The van der Waals surface area contributed by atoms with Crippen LogP contribution in [0.3, 0.4) is 0 Å². The summed E-state index contributed by atoms with van der Waals surface area (Å²) in [6.45, 7) is 6.25. The first-order chi connectivity index (χ1) is 13.3. The number of aliphatic hydroxyl groups is 3. The van der Waals surface area contributed by atoms with Crippen LogP contribution in [0.2, 0.25) is 0 Å². The fourth-order valence-corrected chi connectivity index (χ4v) is 2.97. The first-order valence-corrected chi connectivity index (χ1v) is 9.88. The number of benzene rings is 2. The Kier molecular flexibility index (Phi) is 8.24. The summed E-state index contributed by atoms with van der Waals surface area (Å²) in [6.07, 6.45) is 4.39. The van der Waals surface area contributed by atoms with Gasteiger partial charge in [-0.2, -0.15) is 0 Å². The summed E-state index contributed by atoms with van der Waals surface area (Å²) in [5.74, 6) is 0.799. The Balaban J connectivity index is 2.05. The molecule has 0 spiro atoms. The molecule has 0 unspecified atom stereocenters. The van der Waals surface area contributed by atoms with Crippen molar-refractivity contribution in [3.8, 4) is 5.75 Å². The molecule has 0 amide bonds. The molecule has 0 heterocycles. The van der Waals surface area contributed by atoms with Gasteiger partial charge in [0.05, 0.1) is 5.60 Å². The molecule has 0 fully saturated rings. The molecular formula is C24H32O4. The zero-order valence-corrected chi connectivity index (χ0v) is 17.1. The average molecular weight is 385 g/mol. The highest BCUT2D eigenvalue weighted by molar-refractivity contribution is 5.66. The minimum absolute atomic E-state index is 0.413. The number of allylic oxidation sites excluding steroid dienone is 2. The molecular weight excluding hydrogens is 352 g/mol. The Hall–Kier alpha value is -2.14. The molecule has 2 aromatic rings. The molecule has 0 saturated heterocycles. The van der Waals surface area contributed by atoms with Crippen LogP contribution in [0.4, 0.5) is 0 Å². The zero-order valence-electron chi connectivity index (χ0n) is 17.1. The topological polar surface area (TPSA) is 69.9 Å². The van der Waals surface area contributed by atoms with E-state index in [4.69, 9.17) is 14.9 Å². The summed E-state index contributed by atoms with van der Waals surface area (Å²) in [7, 11) is 0. The van der Waals surface area contributed by atoms with Gasteiger partial charge in [-0.05, 0) is 61.9 Å². The van der Waals surface area contributed by atoms with Crippen LogP contribution in [-0.2, 0) is 6.61 Å². The van der Waals surface area contributed by atoms with Crippen LogP contribution in [-0.4, -0.2) is 20.9 Å². The van der Waals surface area contributed by atoms with Crippen molar-refractivity contribution in [2.75, 3.05) is 0 Å². The molecule has 2 aromatic carbocycles. The summed E-state index contributed by atoms with van der Waals surface area (Å²) in [6, 6.07) is 15.1. The number of aliphatic hydroxyl groups excluding tert-OH is 1. The van der Waals surface area contributed by atoms with Gasteiger partial charge >= 0.3 is 0 Å². The molecule has 0 saturated carbocycles. The molecule has 4 heteroatoms. The summed E-state index contributed by atoms with van der Waals surface area (Å²) >= 11 is 0. The molecule has 0 aliphatic rings. The highest BCUT2D eigenvalue weighted by Crippen LogP contribution is 2.26. The molecule has 3 N–H and O–H groups in total. The first kappa shape index (κ1) is 22.2. The minimum atomic E-state index is -1.45. The molecule has 0 radical (unpaired) electrons. The van der Waals surface area contributed by atoms with Crippen LogP contribution in [0.5, 0.6) is 5.75 Å². The number of ether oxygens (including phenoxy) is 1. The van der Waals surface area contributed by atoms with E-state index in [1.807, 2.05) is 38.1 Å². The molecule has 0 aromatic heterocycles. The van der Waals surface area contributed by atoms with E-state index >= 15 is 0 Å². The van der Waals surface area contributed by atoms with Crippen molar-refractivity contribution in [2.45, 2.75) is 65.0 Å². The third kappa shape index (κ3) is 7.47. The van der Waals surface area contributed by atoms with E-state index in [0.717, 1.165) is 42.6 Å². The predicted molar refractivity (Wildman–Crippen MR) is 113 cm³/mol. The lowest BCUT2D eigenvalue weighted by molar-refractivity contribution is -0.0425. The second-order valence-corrected chi connectivity index (χ2v) is 7.76. The molecule has 28 heavy (non-hydrogen) atoms. The molecule has 2 rings (SSSR count). The maximum Gasteiger partial charge on any atom is 0.178 e. The fourth-order valence-electron chi connectivity index (χ4n) is 2.97. The Morgan fingerprint density at radius 2 is 1.82 bits per heavy atom. The van der Waals surface area contributed by atoms with Crippen molar-refractivity contribution >= 4 is 5.57 Å². The van der Waals surface area contributed by atoms with Crippen molar-refractivity contribution < 1.29 is 20.1 Å². The van der Waals surface area contributed by atoms with Crippen molar-refractivity contribution in [3.63, 3.8) is 0 Å². The third-order valence-electron chi connectivity index (χ3n) is 4.55. The third-order valence-corrected chi connectivity index (χ3v) is 4.55. The van der Waals surface area contributed by atoms with Crippen LogP contribution in [0.1, 0.15) is 69.4 Å². The van der Waals surface area contributed by atoms with E-state index in [1.165, 1.54) is 5.57 Å². The quantitative estimate of drug-likeness (QED) is 0.505. The van der Waals surface area contributed by atoms with E-state index in [0.29, 0.717) is 12.2 Å². The van der Waals surface area contributed by atoms with Crippen LogP contribution in [0, 0.1) is 0 Å². The molecule has 0 bridgehead atoms. The summed E-state index contributed by atoms with van der Waals surface area (Å²) in [5.41, 5.74) is 3.20. The van der Waals surface area contributed by atoms with Gasteiger partial charge in [0.15, 0.2) is 6.29 Å².